The van der Waals surface area contributed by atoms with Crippen molar-refractivity contribution in [1.82, 2.24) is 20.0 Å². The number of oxazole rings is 1. The van der Waals surface area contributed by atoms with Crippen molar-refractivity contribution in [1.29, 1.82) is 0 Å². The molecular weight excluding hydrogens is 442 g/mol. The van der Waals surface area contributed by atoms with Gasteiger partial charge in [-0.25, -0.2) is 4.98 Å². The van der Waals surface area contributed by atoms with Gasteiger partial charge in [0, 0.05) is 42.3 Å². The molecule has 1 amide bonds. The predicted octanol–water partition coefficient (Wildman–Crippen LogP) is 4.50. The van der Waals surface area contributed by atoms with Crippen molar-refractivity contribution in [2.24, 2.45) is 5.92 Å². The van der Waals surface area contributed by atoms with Crippen LogP contribution < -0.4 is 4.90 Å². The van der Waals surface area contributed by atoms with Gasteiger partial charge in [0.05, 0.1) is 17.3 Å². The summed E-state index contributed by atoms with van der Waals surface area (Å²) in [5.74, 6) is 0.959. The van der Waals surface area contributed by atoms with Gasteiger partial charge in [-0.3, -0.25) is 4.79 Å². The zero-order chi connectivity index (χ0) is 22.7. The normalized spacial score (nSPS) is 20.1. The second-order valence-corrected chi connectivity index (χ2v) is 9.25. The monoisotopic (exact) mass is 463 g/mol. The van der Waals surface area contributed by atoms with E-state index in [9.17, 15) is 4.79 Å². The number of piperidine rings is 1. The quantitative estimate of drug-likeness (QED) is 0.442. The Bertz CT molecular complexity index is 1380. The number of nitrogens with zero attached hydrogens (tertiary/aromatic N) is 5. The molecule has 1 aromatic carbocycles. The summed E-state index contributed by atoms with van der Waals surface area (Å²) in [7, 11) is 0. The van der Waals surface area contributed by atoms with Crippen LogP contribution in [0.15, 0.2) is 45.3 Å². The van der Waals surface area contributed by atoms with Crippen LogP contribution in [0.25, 0.3) is 22.4 Å². The molecule has 0 bridgehead atoms. The number of amides is 1. The molecule has 4 aromatic rings. The molecule has 2 saturated heterocycles. The minimum absolute atomic E-state index is 0.0996. The van der Waals surface area contributed by atoms with Gasteiger partial charge in [-0.15, -0.1) is 0 Å². The van der Waals surface area contributed by atoms with Crippen LogP contribution in [0.5, 0.6) is 0 Å². The van der Waals surface area contributed by atoms with E-state index in [4.69, 9.17) is 20.5 Å². The number of hydrogen-bond acceptors (Lipinski definition) is 7. The minimum Gasteiger partial charge on any atom is -0.423 e. The smallest absolute Gasteiger partial charge is 0.298 e. The first kappa shape index (κ1) is 20.2. The first-order valence-corrected chi connectivity index (χ1v) is 11.4. The standard InChI is InChI=1S/C24H22ClN5O3/c1-13-3-5-17(21-9-14(2)28-33-21)22(26-13)23(31)29-8-7-15-11-30(19(15)12-29)24-27-18-10-16(25)4-6-20(18)32-24/h3-6,9-10,15,19H,7-8,11-12H2,1-2H3/t15-,19-/m0/s1. The number of aromatic nitrogens is 3. The maximum Gasteiger partial charge on any atom is 0.298 e. The van der Waals surface area contributed by atoms with Crippen molar-refractivity contribution < 1.29 is 13.7 Å². The lowest BCUT2D eigenvalue weighted by Crippen LogP contribution is -2.65. The van der Waals surface area contributed by atoms with E-state index >= 15 is 0 Å². The Labute approximate surface area is 195 Å². The predicted molar refractivity (Wildman–Crippen MR) is 123 cm³/mol. The zero-order valence-corrected chi connectivity index (χ0v) is 19.0. The second kappa shape index (κ2) is 7.59. The van der Waals surface area contributed by atoms with Crippen molar-refractivity contribution in [2.75, 3.05) is 24.5 Å². The van der Waals surface area contributed by atoms with Gasteiger partial charge in [-0.1, -0.05) is 16.8 Å². The van der Waals surface area contributed by atoms with Crippen LogP contribution in [0, 0.1) is 19.8 Å². The summed E-state index contributed by atoms with van der Waals surface area (Å²) in [4.78, 5) is 26.8. The molecule has 2 fully saturated rings. The molecule has 6 rings (SSSR count). The van der Waals surface area contributed by atoms with Crippen LogP contribution in [0.2, 0.25) is 5.02 Å². The van der Waals surface area contributed by atoms with E-state index in [0.29, 0.717) is 52.6 Å². The molecule has 0 unspecified atom stereocenters. The molecule has 0 N–H and O–H groups in total. The Balaban J connectivity index is 1.26. The van der Waals surface area contributed by atoms with Crippen LogP contribution in [0.4, 0.5) is 6.01 Å². The molecule has 5 heterocycles. The number of fused-ring (bicyclic) bond motifs is 2. The highest BCUT2D eigenvalue weighted by Crippen LogP contribution is 2.38. The van der Waals surface area contributed by atoms with Gasteiger partial charge < -0.3 is 18.7 Å². The minimum atomic E-state index is -0.0996. The lowest BCUT2D eigenvalue weighted by Gasteiger charge is -2.52. The molecule has 168 valence electrons. The number of benzene rings is 1. The number of pyridine rings is 1. The van der Waals surface area contributed by atoms with E-state index in [2.05, 4.69) is 20.0 Å². The molecule has 2 atom stereocenters. The average molecular weight is 464 g/mol. The fourth-order valence-corrected chi connectivity index (χ4v) is 4.94. The Morgan fingerprint density at radius 2 is 1.97 bits per heavy atom. The van der Waals surface area contributed by atoms with Crippen molar-refractivity contribution in [3.8, 4) is 11.3 Å². The number of likely N-dealkylation sites (tertiary alicyclic amines) is 1. The van der Waals surface area contributed by atoms with Gasteiger partial charge in [0.2, 0.25) is 0 Å². The summed E-state index contributed by atoms with van der Waals surface area (Å²) in [5, 5.41) is 4.59. The summed E-state index contributed by atoms with van der Waals surface area (Å²) in [6.45, 7) is 5.89. The number of carbonyl (C=O) groups is 1. The van der Waals surface area contributed by atoms with Gasteiger partial charge in [0.1, 0.15) is 11.2 Å². The highest BCUT2D eigenvalue weighted by molar-refractivity contribution is 6.31. The molecule has 9 heteroatoms. The number of carbonyl (C=O) groups excluding carboxylic acids is 1. The van der Waals surface area contributed by atoms with Crippen LogP contribution in [-0.2, 0) is 0 Å². The van der Waals surface area contributed by atoms with E-state index in [1.807, 2.05) is 43.0 Å². The third-order valence-corrected chi connectivity index (χ3v) is 6.79. The largest absolute Gasteiger partial charge is 0.423 e. The van der Waals surface area contributed by atoms with Crippen molar-refractivity contribution >= 4 is 34.6 Å². The number of hydrogen-bond donors (Lipinski definition) is 0. The van der Waals surface area contributed by atoms with E-state index in [1.54, 1.807) is 12.1 Å². The summed E-state index contributed by atoms with van der Waals surface area (Å²) in [6, 6.07) is 11.7. The Kier molecular flexibility index (Phi) is 4.65. The molecule has 33 heavy (non-hydrogen) atoms. The summed E-state index contributed by atoms with van der Waals surface area (Å²) < 4.78 is 11.4. The van der Waals surface area contributed by atoms with E-state index in [0.717, 1.165) is 29.9 Å². The molecule has 8 nitrogen and oxygen atoms in total. The van der Waals surface area contributed by atoms with E-state index < -0.39 is 0 Å². The second-order valence-electron chi connectivity index (χ2n) is 8.81. The highest BCUT2D eigenvalue weighted by atomic mass is 35.5. The number of rotatable bonds is 3. The fraction of sp³-hybridized carbons (Fsp3) is 0.333. The third-order valence-electron chi connectivity index (χ3n) is 6.55. The average Bonchev–Trinajstić information content (AvgIpc) is 3.39. The van der Waals surface area contributed by atoms with Crippen molar-refractivity contribution in [2.45, 2.75) is 26.3 Å². The number of aryl methyl sites for hydroxylation is 2. The fourth-order valence-electron chi connectivity index (χ4n) is 4.77. The van der Waals surface area contributed by atoms with Crippen LogP contribution in [-0.4, -0.2) is 51.6 Å². The Morgan fingerprint density at radius 1 is 1.09 bits per heavy atom. The van der Waals surface area contributed by atoms with E-state index in [1.165, 1.54) is 0 Å². The highest BCUT2D eigenvalue weighted by Gasteiger charge is 2.46. The maximum absolute atomic E-state index is 13.6. The Morgan fingerprint density at radius 3 is 2.79 bits per heavy atom. The van der Waals surface area contributed by atoms with Gasteiger partial charge in [-0.05, 0) is 50.6 Å². The summed E-state index contributed by atoms with van der Waals surface area (Å²) >= 11 is 6.09. The zero-order valence-electron chi connectivity index (χ0n) is 18.3. The number of halogens is 1. The van der Waals surface area contributed by atoms with Crippen LogP contribution in [0.3, 0.4) is 0 Å². The molecule has 0 radical (unpaired) electrons. The van der Waals surface area contributed by atoms with Gasteiger partial charge in [0.15, 0.2) is 11.3 Å². The summed E-state index contributed by atoms with van der Waals surface area (Å²) in [6.07, 6.45) is 0.932. The molecule has 0 aliphatic carbocycles. The van der Waals surface area contributed by atoms with Crippen molar-refractivity contribution in [3.63, 3.8) is 0 Å². The van der Waals surface area contributed by atoms with Gasteiger partial charge in [0.25, 0.3) is 11.9 Å². The lowest BCUT2D eigenvalue weighted by atomic mass is 9.82. The third kappa shape index (κ3) is 3.45. The van der Waals surface area contributed by atoms with E-state index in [-0.39, 0.29) is 11.9 Å². The molecule has 0 spiro atoms. The number of anilines is 1. The lowest BCUT2D eigenvalue weighted by molar-refractivity contribution is 0.0578. The molecular formula is C24H22ClN5O3. The Hall–Kier alpha value is -3.39. The SMILES string of the molecule is Cc1cc(-c2ccc(C)nc2C(=O)N2CC[C@H]3CN(c4nc5cc(Cl)ccc5o4)[C@H]3C2)on1. The molecule has 3 aromatic heterocycles. The first-order valence-electron chi connectivity index (χ1n) is 11.0. The van der Waals surface area contributed by atoms with Crippen LogP contribution >= 0.6 is 11.6 Å². The van der Waals surface area contributed by atoms with Gasteiger partial charge >= 0.3 is 0 Å². The maximum atomic E-state index is 13.6. The van der Waals surface area contributed by atoms with Gasteiger partial charge in [-0.2, -0.15) is 4.98 Å². The van der Waals surface area contributed by atoms with Crippen molar-refractivity contribution in [3.05, 3.63) is 58.5 Å². The van der Waals surface area contributed by atoms with Crippen LogP contribution in [0.1, 0.15) is 28.3 Å². The topological polar surface area (TPSA) is 88.5 Å². The summed E-state index contributed by atoms with van der Waals surface area (Å²) in [5.41, 5.74) is 4.04. The molecule has 2 aliphatic rings. The first-order chi connectivity index (χ1) is 16.0. The molecule has 0 saturated carbocycles. The molecule has 2 aliphatic heterocycles.